The lowest BCUT2D eigenvalue weighted by molar-refractivity contribution is 0.101. The molecule has 0 saturated carbocycles. The van der Waals surface area contributed by atoms with Gasteiger partial charge in [0.15, 0.2) is 5.78 Å². The highest BCUT2D eigenvalue weighted by atomic mass is 32.2. The van der Waals surface area contributed by atoms with Crippen LogP contribution in [0.5, 0.6) is 5.75 Å². The molecular formula is C17H16O4S3. The van der Waals surface area contributed by atoms with E-state index in [-0.39, 0.29) is 16.4 Å². The Hall–Kier alpha value is -1.44. The summed E-state index contributed by atoms with van der Waals surface area (Å²) in [6.45, 7) is 1.43. The lowest BCUT2D eigenvalue weighted by Crippen LogP contribution is -2.10. The molecule has 0 amide bonds. The van der Waals surface area contributed by atoms with Crippen LogP contribution in [0.3, 0.4) is 0 Å². The van der Waals surface area contributed by atoms with Crippen LogP contribution in [0, 0.1) is 0 Å². The molecule has 1 aliphatic heterocycles. The number of Topliss-reactive ketones (excluding diaryl/α,β-unsaturated/α-hetero) is 1. The van der Waals surface area contributed by atoms with Gasteiger partial charge in [0.25, 0.3) is 0 Å². The zero-order valence-electron chi connectivity index (χ0n) is 13.0. The number of carbonyl (C=O) groups excluding carboxylic acids is 1. The van der Waals surface area contributed by atoms with E-state index in [1.165, 1.54) is 31.2 Å². The van der Waals surface area contributed by atoms with Crippen molar-refractivity contribution < 1.29 is 17.4 Å². The van der Waals surface area contributed by atoms with Crippen molar-refractivity contribution in [1.82, 2.24) is 0 Å². The number of hydrogen-bond donors (Lipinski definition) is 0. The van der Waals surface area contributed by atoms with E-state index in [1.807, 2.05) is 35.7 Å². The van der Waals surface area contributed by atoms with Crippen LogP contribution in [-0.4, -0.2) is 25.7 Å². The zero-order chi connectivity index (χ0) is 17.2. The maximum atomic E-state index is 12.3. The smallest absolute Gasteiger partial charge is 0.339 e. The topological polar surface area (TPSA) is 60.4 Å². The number of hydrogen-bond acceptors (Lipinski definition) is 6. The second-order valence-corrected chi connectivity index (χ2v) is 9.53. The van der Waals surface area contributed by atoms with Gasteiger partial charge in [0.2, 0.25) is 0 Å². The van der Waals surface area contributed by atoms with Crippen LogP contribution < -0.4 is 4.18 Å². The molecule has 7 heteroatoms. The Balaban J connectivity index is 1.75. The van der Waals surface area contributed by atoms with E-state index in [0.717, 1.165) is 17.1 Å². The Bertz CT molecular complexity index is 821. The summed E-state index contributed by atoms with van der Waals surface area (Å²) in [5.41, 5.74) is 1.63. The Labute approximate surface area is 150 Å². The Morgan fingerprint density at radius 3 is 2.12 bits per heavy atom. The Morgan fingerprint density at radius 1 is 1.00 bits per heavy atom. The molecule has 1 aliphatic rings. The quantitative estimate of drug-likeness (QED) is 0.574. The first kappa shape index (κ1) is 17.4. The standard InChI is InChI=1S/C17H16O4S3/c1-12(18)13-4-8-16(9-5-13)24(19,20)21-15-6-2-14(3-7-15)17-22-10-11-23-17/h2-9,17H,10-11H2,1H3. The SMILES string of the molecule is CC(=O)c1ccc(S(=O)(=O)Oc2ccc(C3SCCS3)cc2)cc1. The first-order chi connectivity index (χ1) is 11.5. The third kappa shape index (κ3) is 3.96. The molecule has 0 bridgehead atoms. The van der Waals surface area contributed by atoms with Crippen molar-refractivity contribution in [2.24, 2.45) is 0 Å². The first-order valence-corrected chi connectivity index (χ1v) is 10.8. The van der Waals surface area contributed by atoms with Crippen molar-refractivity contribution in [2.75, 3.05) is 11.5 Å². The van der Waals surface area contributed by atoms with Crippen molar-refractivity contribution >= 4 is 39.4 Å². The van der Waals surface area contributed by atoms with Gasteiger partial charge in [-0.1, -0.05) is 24.3 Å². The third-order valence-corrected chi connectivity index (χ3v) is 7.90. The van der Waals surface area contributed by atoms with Crippen molar-refractivity contribution in [3.63, 3.8) is 0 Å². The molecule has 1 fully saturated rings. The fraction of sp³-hybridized carbons (Fsp3) is 0.235. The Kier molecular flexibility index (Phi) is 5.22. The van der Waals surface area contributed by atoms with Crippen LogP contribution in [0.25, 0.3) is 0 Å². The predicted octanol–water partition coefficient (Wildman–Crippen LogP) is 4.14. The van der Waals surface area contributed by atoms with E-state index in [4.69, 9.17) is 4.18 Å². The number of benzene rings is 2. The molecule has 0 unspecified atom stereocenters. The molecule has 0 atom stereocenters. The van der Waals surface area contributed by atoms with Crippen LogP contribution in [-0.2, 0) is 10.1 Å². The summed E-state index contributed by atoms with van der Waals surface area (Å²) in [4.78, 5) is 11.3. The van der Waals surface area contributed by atoms with Crippen LogP contribution in [0.2, 0.25) is 0 Å². The van der Waals surface area contributed by atoms with E-state index < -0.39 is 10.1 Å². The van der Waals surface area contributed by atoms with Crippen molar-refractivity contribution in [1.29, 1.82) is 0 Å². The van der Waals surface area contributed by atoms with Crippen LogP contribution in [0.1, 0.15) is 27.4 Å². The molecule has 1 saturated heterocycles. The fourth-order valence-electron chi connectivity index (χ4n) is 2.26. The summed E-state index contributed by atoms with van der Waals surface area (Å²) in [5.74, 6) is 2.44. The molecule has 2 aromatic rings. The van der Waals surface area contributed by atoms with E-state index in [2.05, 4.69) is 0 Å². The van der Waals surface area contributed by atoms with Crippen molar-refractivity contribution in [2.45, 2.75) is 16.4 Å². The molecule has 126 valence electrons. The highest BCUT2D eigenvalue weighted by Gasteiger charge is 2.20. The third-order valence-electron chi connectivity index (χ3n) is 3.53. The summed E-state index contributed by atoms with van der Waals surface area (Å²) >= 11 is 3.78. The van der Waals surface area contributed by atoms with Gasteiger partial charge in [-0.05, 0) is 36.8 Å². The number of rotatable bonds is 5. The van der Waals surface area contributed by atoms with Gasteiger partial charge in [-0.25, -0.2) is 0 Å². The predicted molar refractivity (Wildman–Crippen MR) is 98.4 cm³/mol. The van der Waals surface area contributed by atoms with E-state index in [1.54, 1.807) is 12.1 Å². The second-order valence-electron chi connectivity index (χ2n) is 5.26. The van der Waals surface area contributed by atoms with E-state index in [9.17, 15) is 13.2 Å². The number of ketones is 1. The minimum Gasteiger partial charge on any atom is -0.379 e. The molecule has 24 heavy (non-hydrogen) atoms. The zero-order valence-corrected chi connectivity index (χ0v) is 15.4. The molecule has 0 N–H and O–H groups in total. The van der Waals surface area contributed by atoms with Gasteiger partial charge in [0, 0.05) is 17.1 Å². The monoisotopic (exact) mass is 380 g/mol. The Morgan fingerprint density at radius 2 is 1.58 bits per heavy atom. The maximum absolute atomic E-state index is 12.3. The van der Waals surface area contributed by atoms with Crippen LogP contribution in [0.15, 0.2) is 53.4 Å². The largest absolute Gasteiger partial charge is 0.379 e. The summed E-state index contributed by atoms with van der Waals surface area (Å²) < 4.78 is 30.2. The van der Waals surface area contributed by atoms with E-state index >= 15 is 0 Å². The van der Waals surface area contributed by atoms with Gasteiger partial charge in [-0.2, -0.15) is 8.42 Å². The molecular weight excluding hydrogens is 364 g/mol. The number of carbonyl (C=O) groups is 1. The van der Waals surface area contributed by atoms with Gasteiger partial charge in [0.1, 0.15) is 10.6 Å². The highest BCUT2D eigenvalue weighted by Crippen LogP contribution is 2.45. The van der Waals surface area contributed by atoms with Crippen molar-refractivity contribution in [3.8, 4) is 5.75 Å². The summed E-state index contributed by atoms with van der Waals surface area (Å²) in [7, 11) is -3.91. The number of thioether (sulfide) groups is 2. The maximum Gasteiger partial charge on any atom is 0.339 e. The molecule has 0 aromatic heterocycles. The minimum atomic E-state index is -3.91. The first-order valence-electron chi connectivity index (χ1n) is 7.34. The molecule has 3 rings (SSSR count). The fourth-order valence-corrected chi connectivity index (χ4v) is 6.05. The van der Waals surface area contributed by atoms with Gasteiger partial charge in [-0.3, -0.25) is 4.79 Å². The molecule has 4 nitrogen and oxygen atoms in total. The summed E-state index contributed by atoms with van der Waals surface area (Å²) in [6, 6.07) is 12.9. The average molecular weight is 381 g/mol. The van der Waals surface area contributed by atoms with Gasteiger partial charge in [-0.15, -0.1) is 23.5 Å². The van der Waals surface area contributed by atoms with Gasteiger partial charge in [0.05, 0.1) is 4.58 Å². The van der Waals surface area contributed by atoms with E-state index in [0.29, 0.717) is 10.1 Å². The van der Waals surface area contributed by atoms with Crippen molar-refractivity contribution in [3.05, 3.63) is 59.7 Å². The molecule has 0 radical (unpaired) electrons. The molecule has 2 aromatic carbocycles. The summed E-state index contributed by atoms with van der Waals surface area (Å²) in [5, 5.41) is 0. The van der Waals surface area contributed by atoms with Crippen LogP contribution >= 0.6 is 23.5 Å². The lowest BCUT2D eigenvalue weighted by atomic mass is 10.2. The summed E-state index contributed by atoms with van der Waals surface area (Å²) in [6.07, 6.45) is 0. The van der Waals surface area contributed by atoms with Crippen LogP contribution in [0.4, 0.5) is 0 Å². The van der Waals surface area contributed by atoms with Gasteiger partial charge < -0.3 is 4.18 Å². The highest BCUT2D eigenvalue weighted by molar-refractivity contribution is 8.19. The molecule has 0 aliphatic carbocycles. The van der Waals surface area contributed by atoms with Gasteiger partial charge >= 0.3 is 10.1 Å². The normalized spacial score (nSPS) is 15.4. The molecule has 0 spiro atoms. The molecule has 1 heterocycles. The minimum absolute atomic E-state index is 0.0264. The lowest BCUT2D eigenvalue weighted by Gasteiger charge is -2.10. The second kappa shape index (κ2) is 7.21. The average Bonchev–Trinajstić information content (AvgIpc) is 3.10.